The minimum atomic E-state index is -0.549. The Morgan fingerprint density at radius 2 is 1.70 bits per heavy atom. The number of nitrogens with zero attached hydrogens (tertiary/aromatic N) is 1. The van der Waals surface area contributed by atoms with E-state index in [9.17, 15) is 9.18 Å². The molecule has 1 amide bonds. The van der Waals surface area contributed by atoms with E-state index in [1.54, 1.807) is 18.2 Å². The monoisotopic (exact) mass is 356 g/mol. The average Bonchev–Trinajstić information content (AvgIpc) is 2.68. The number of fused-ring (bicyclic) bond motifs is 1. The van der Waals surface area contributed by atoms with E-state index in [1.165, 1.54) is 17.7 Å². The van der Waals surface area contributed by atoms with Gasteiger partial charge in [-0.3, -0.25) is 4.79 Å². The van der Waals surface area contributed by atoms with Gasteiger partial charge >= 0.3 is 0 Å². The molecule has 0 saturated carbocycles. The number of amides is 1. The molecule has 4 heteroatoms. The van der Waals surface area contributed by atoms with Gasteiger partial charge in [0, 0.05) is 10.9 Å². The summed E-state index contributed by atoms with van der Waals surface area (Å²) in [6, 6.07) is 23.3. The molecule has 1 heterocycles. The molecule has 4 aromatic rings. The molecule has 0 aliphatic heterocycles. The number of hydrogen-bond acceptors (Lipinski definition) is 2. The van der Waals surface area contributed by atoms with E-state index in [1.807, 2.05) is 49.4 Å². The molecule has 1 aromatic heterocycles. The molecule has 27 heavy (non-hydrogen) atoms. The molecule has 0 aliphatic rings. The third-order valence-corrected chi connectivity index (χ3v) is 4.41. The summed E-state index contributed by atoms with van der Waals surface area (Å²) >= 11 is 0. The molecule has 132 valence electrons. The van der Waals surface area contributed by atoms with Gasteiger partial charge in [0.15, 0.2) is 0 Å². The van der Waals surface area contributed by atoms with Crippen LogP contribution < -0.4 is 5.32 Å². The first kappa shape index (κ1) is 16.9. The van der Waals surface area contributed by atoms with Crippen molar-refractivity contribution >= 4 is 22.5 Å². The number of anilines is 1. The quantitative estimate of drug-likeness (QED) is 0.519. The first-order valence-electron chi connectivity index (χ1n) is 8.64. The van der Waals surface area contributed by atoms with Crippen LogP contribution in [0.15, 0.2) is 78.9 Å². The van der Waals surface area contributed by atoms with Crippen LogP contribution in [0, 0.1) is 12.7 Å². The second kappa shape index (κ2) is 7.00. The third kappa shape index (κ3) is 3.42. The van der Waals surface area contributed by atoms with Crippen molar-refractivity contribution in [1.82, 2.24) is 4.98 Å². The van der Waals surface area contributed by atoms with Gasteiger partial charge in [-0.1, -0.05) is 48.0 Å². The van der Waals surface area contributed by atoms with E-state index in [0.29, 0.717) is 5.69 Å². The van der Waals surface area contributed by atoms with Gasteiger partial charge in [0.1, 0.15) is 5.82 Å². The molecule has 0 fully saturated rings. The second-order valence-corrected chi connectivity index (χ2v) is 6.37. The van der Waals surface area contributed by atoms with E-state index < -0.39 is 11.7 Å². The molecule has 0 bridgehead atoms. The highest BCUT2D eigenvalue weighted by Gasteiger charge is 2.14. The predicted octanol–water partition coefficient (Wildman–Crippen LogP) is 5.60. The number of carbonyl (C=O) groups is 1. The number of benzene rings is 3. The molecule has 0 saturated heterocycles. The molecule has 0 unspecified atom stereocenters. The minimum absolute atomic E-state index is 0.00856. The number of hydrogen-bond donors (Lipinski definition) is 1. The maximum atomic E-state index is 13.9. The van der Waals surface area contributed by atoms with Crippen LogP contribution >= 0.6 is 0 Å². The second-order valence-electron chi connectivity index (χ2n) is 6.37. The Labute approximate surface area is 156 Å². The van der Waals surface area contributed by atoms with E-state index in [2.05, 4.69) is 11.4 Å². The van der Waals surface area contributed by atoms with Gasteiger partial charge in [-0.2, -0.15) is 0 Å². The number of para-hydroxylation sites is 1. The lowest BCUT2D eigenvalue weighted by Gasteiger charge is -2.12. The normalized spacial score (nSPS) is 10.7. The largest absolute Gasteiger partial charge is 0.321 e. The van der Waals surface area contributed by atoms with Crippen molar-refractivity contribution in [3.05, 3.63) is 95.8 Å². The van der Waals surface area contributed by atoms with Gasteiger partial charge < -0.3 is 5.32 Å². The SMILES string of the molecule is Cc1ccc2nc(-c3ccccc3NC(=O)c3ccccc3F)ccc2c1. The smallest absolute Gasteiger partial charge is 0.258 e. The number of pyridine rings is 1. The molecule has 1 N–H and O–H groups in total. The first-order valence-corrected chi connectivity index (χ1v) is 8.64. The molecule has 3 aromatic carbocycles. The van der Waals surface area contributed by atoms with E-state index in [-0.39, 0.29) is 5.56 Å². The number of rotatable bonds is 3. The lowest BCUT2D eigenvalue weighted by atomic mass is 10.1. The van der Waals surface area contributed by atoms with Crippen LogP contribution in [-0.4, -0.2) is 10.9 Å². The Kier molecular flexibility index (Phi) is 4.38. The van der Waals surface area contributed by atoms with Gasteiger partial charge in [-0.15, -0.1) is 0 Å². The molecule has 4 rings (SSSR count). The van der Waals surface area contributed by atoms with Gasteiger partial charge in [0.05, 0.1) is 22.5 Å². The van der Waals surface area contributed by atoms with Crippen molar-refractivity contribution in [2.24, 2.45) is 0 Å². The summed E-state index contributed by atoms with van der Waals surface area (Å²) in [5, 5.41) is 3.87. The summed E-state index contributed by atoms with van der Waals surface area (Å²) in [6.45, 7) is 2.04. The van der Waals surface area contributed by atoms with Crippen LogP contribution in [0.25, 0.3) is 22.2 Å². The summed E-state index contributed by atoms with van der Waals surface area (Å²) < 4.78 is 13.9. The van der Waals surface area contributed by atoms with Crippen LogP contribution in [-0.2, 0) is 0 Å². The van der Waals surface area contributed by atoms with Gasteiger partial charge in [0.25, 0.3) is 5.91 Å². The highest BCUT2D eigenvalue weighted by molar-refractivity contribution is 6.06. The Bertz CT molecular complexity index is 1150. The summed E-state index contributed by atoms with van der Waals surface area (Å²) in [5.41, 5.74) is 4.18. The molecule has 0 spiro atoms. The number of halogens is 1. The van der Waals surface area contributed by atoms with Gasteiger partial charge in [-0.05, 0) is 43.3 Å². The van der Waals surface area contributed by atoms with Crippen LogP contribution in [0.2, 0.25) is 0 Å². The molecular formula is C23H17FN2O. The van der Waals surface area contributed by atoms with Crippen LogP contribution in [0.1, 0.15) is 15.9 Å². The van der Waals surface area contributed by atoms with E-state index in [4.69, 9.17) is 4.98 Å². The predicted molar refractivity (Wildman–Crippen MR) is 106 cm³/mol. The Morgan fingerprint density at radius 3 is 2.56 bits per heavy atom. The maximum Gasteiger partial charge on any atom is 0.258 e. The Morgan fingerprint density at radius 1 is 0.926 bits per heavy atom. The summed E-state index contributed by atoms with van der Waals surface area (Å²) in [7, 11) is 0. The highest BCUT2D eigenvalue weighted by atomic mass is 19.1. The van der Waals surface area contributed by atoms with Crippen molar-refractivity contribution in [2.75, 3.05) is 5.32 Å². The van der Waals surface area contributed by atoms with Gasteiger partial charge in [0.2, 0.25) is 0 Å². The van der Waals surface area contributed by atoms with Crippen molar-refractivity contribution in [2.45, 2.75) is 6.92 Å². The van der Waals surface area contributed by atoms with Crippen LogP contribution in [0.3, 0.4) is 0 Å². The van der Waals surface area contributed by atoms with Crippen LogP contribution in [0.4, 0.5) is 10.1 Å². The molecule has 3 nitrogen and oxygen atoms in total. The standard InChI is InChI=1S/C23H17FN2O/c1-15-10-12-20-16(14-15)11-13-22(25-20)18-7-3-5-9-21(18)26-23(27)17-6-2-4-8-19(17)24/h2-14H,1H3,(H,26,27). The van der Waals surface area contributed by atoms with Crippen molar-refractivity contribution in [3.8, 4) is 11.3 Å². The summed E-state index contributed by atoms with van der Waals surface area (Å²) in [5.74, 6) is -1.04. The molecule has 0 atom stereocenters. The van der Waals surface area contributed by atoms with Gasteiger partial charge in [-0.25, -0.2) is 9.37 Å². The summed E-state index contributed by atoms with van der Waals surface area (Å²) in [4.78, 5) is 17.2. The van der Waals surface area contributed by atoms with E-state index >= 15 is 0 Å². The fraction of sp³-hybridized carbons (Fsp3) is 0.0435. The highest BCUT2D eigenvalue weighted by Crippen LogP contribution is 2.28. The maximum absolute atomic E-state index is 13.9. The molecule has 0 radical (unpaired) electrons. The third-order valence-electron chi connectivity index (χ3n) is 4.41. The van der Waals surface area contributed by atoms with Crippen molar-refractivity contribution in [3.63, 3.8) is 0 Å². The molecule has 0 aliphatic carbocycles. The fourth-order valence-electron chi connectivity index (χ4n) is 3.05. The number of aryl methyl sites for hydroxylation is 1. The molecular weight excluding hydrogens is 339 g/mol. The zero-order chi connectivity index (χ0) is 18.8. The van der Waals surface area contributed by atoms with E-state index in [0.717, 1.165) is 22.2 Å². The number of nitrogens with one attached hydrogen (secondary N) is 1. The zero-order valence-electron chi connectivity index (χ0n) is 14.7. The number of carbonyl (C=O) groups excluding carboxylic acids is 1. The first-order chi connectivity index (χ1) is 13.1. The van der Waals surface area contributed by atoms with Crippen molar-refractivity contribution < 1.29 is 9.18 Å². The Hall–Kier alpha value is -3.53. The number of aromatic nitrogens is 1. The minimum Gasteiger partial charge on any atom is -0.321 e. The van der Waals surface area contributed by atoms with Crippen molar-refractivity contribution in [1.29, 1.82) is 0 Å². The average molecular weight is 356 g/mol. The fourth-order valence-corrected chi connectivity index (χ4v) is 3.05. The topological polar surface area (TPSA) is 42.0 Å². The Balaban J connectivity index is 1.72. The zero-order valence-corrected chi connectivity index (χ0v) is 14.7. The van der Waals surface area contributed by atoms with Crippen LogP contribution in [0.5, 0.6) is 0 Å². The lowest BCUT2D eigenvalue weighted by Crippen LogP contribution is -2.14. The summed E-state index contributed by atoms with van der Waals surface area (Å²) in [6.07, 6.45) is 0. The lowest BCUT2D eigenvalue weighted by molar-refractivity contribution is 0.102.